The van der Waals surface area contributed by atoms with E-state index in [0.717, 1.165) is 12.0 Å². The fraction of sp³-hybridized carbons (Fsp3) is 0.0714. The Balaban J connectivity index is 2.31. The van der Waals surface area contributed by atoms with E-state index in [4.69, 9.17) is 12.2 Å². The molecule has 0 aromatic heterocycles. The average Bonchev–Trinajstić information content (AvgIpc) is 2.31. The lowest BCUT2D eigenvalue weighted by molar-refractivity contribution is 1.19. The molecule has 0 bridgehead atoms. The van der Waals surface area contributed by atoms with E-state index >= 15 is 0 Å². The molecule has 0 radical (unpaired) electrons. The molecule has 0 aliphatic carbocycles. The zero-order valence-electron chi connectivity index (χ0n) is 8.76. The van der Waals surface area contributed by atoms with Crippen molar-refractivity contribution in [2.75, 3.05) is 0 Å². The van der Waals surface area contributed by atoms with Gasteiger partial charge in [0.25, 0.3) is 0 Å². The number of thiocarbonyl (C=S) groups is 1. The standard InChI is InChI=1S/C14H12S2/c15-14(16)13-9-5-4-8-12(13)10-11-6-2-1-3-7-11/h1-9H,10H2,(H,15,16). The van der Waals surface area contributed by atoms with Gasteiger partial charge >= 0.3 is 0 Å². The highest BCUT2D eigenvalue weighted by molar-refractivity contribution is 8.11. The molecule has 0 aliphatic rings. The third-order valence-electron chi connectivity index (χ3n) is 2.49. The van der Waals surface area contributed by atoms with Gasteiger partial charge in [0.15, 0.2) is 0 Å². The monoisotopic (exact) mass is 244 g/mol. The van der Waals surface area contributed by atoms with Gasteiger partial charge in [-0.05, 0) is 17.5 Å². The maximum absolute atomic E-state index is 5.13. The number of benzene rings is 2. The van der Waals surface area contributed by atoms with Crippen molar-refractivity contribution in [1.29, 1.82) is 0 Å². The molecule has 16 heavy (non-hydrogen) atoms. The van der Waals surface area contributed by atoms with E-state index in [-0.39, 0.29) is 0 Å². The van der Waals surface area contributed by atoms with Gasteiger partial charge in [-0.25, -0.2) is 0 Å². The van der Waals surface area contributed by atoms with Crippen molar-refractivity contribution < 1.29 is 0 Å². The van der Waals surface area contributed by atoms with Crippen molar-refractivity contribution in [2.24, 2.45) is 0 Å². The highest BCUT2D eigenvalue weighted by Crippen LogP contribution is 2.16. The van der Waals surface area contributed by atoms with Crippen LogP contribution in [0.5, 0.6) is 0 Å². The fourth-order valence-electron chi connectivity index (χ4n) is 1.70. The Morgan fingerprint density at radius 3 is 2.25 bits per heavy atom. The largest absolute Gasteiger partial charge is 0.131 e. The Hall–Kier alpha value is -1.12. The Morgan fingerprint density at radius 1 is 0.938 bits per heavy atom. The molecule has 0 atom stereocenters. The SMILES string of the molecule is S=C(S)c1ccccc1Cc1ccccc1. The topological polar surface area (TPSA) is 0 Å². The van der Waals surface area contributed by atoms with Gasteiger partial charge in [0.2, 0.25) is 0 Å². The van der Waals surface area contributed by atoms with Gasteiger partial charge in [-0.2, -0.15) is 0 Å². The zero-order chi connectivity index (χ0) is 11.4. The molecule has 0 saturated heterocycles. The first-order chi connectivity index (χ1) is 7.77. The summed E-state index contributed by atoms with van der Waals surface area (Å²) in [5, 5.41) is 0. The smallest absolute Gasteiger partial charge is 0.0750 e. The quantitative estimate of drug-likeness (QED) is 0.631. The molecule has 0 saturated carbocycles. The van der Waals surface area contributed by atoms with Crippen LogP contribution in [0.1, 0.15) is 16.7 Å². The van der Waals surface area contributed by atoms with Gasteiger partial charge in [0.1, 0.15) is 0 Å². The molecule has 80 valence electrons. The fourth-order valence-corrected chi connectivity index (χ4v) is 2.12. The van der Waals surface area contributed by atoms with Gasteiger partial charge in [-0.15, -0.1) is 12.6 Å². The maximum Gasteiger partial charge on any atom is 0.0750 e. The van der Waals surface area contributed by atoms with E-state index in [9.17, 15) is 0 Å². The first-order valence-corrected chi connectivity index (χ1v) is 5.98. The minimum atomic E-state index is 0.659. The minimum Gasteiger partial charge on any atom is -0.131 e. The second-order valence-corrected chi connectivity index (χ2v) is 4.78. The van der Waals surface area contributed by atoms with Crippen molar-refractivity contribution in [2.45, 2.75) is 6.42 Å². The van der Waals surface area contributed by atoms with Gasteiger partial charge in [-0.1, -0.05) is 66.8 Å². The van der Waals surface area contributed by atoms with Crippen molar-refractivity contribution in [3.63, 3.8) is 0 Å². The molecule has 2 aromatic carbocycles. The van der Waals surface area contributed by atoms with Crippen LogP contribution >= 0.6 is 24.8 Å². The molecule has 0 heterocycles. The lowest BCUT2D eigenvalue weighted by Crippen LogP contribution is -1.97. The van der Waals surface area contributed by atoms with Gasteiger partial charge in [0.05, 0.1) is 4.20 Å². The third kappa shape index (κ3) is 2.71. The van der Waals surface area contributed by atoms with E-state index in [2.05, 4.69) is 43.0 Å². The molecule has 2 rings (SSSR count). The molecule has 0 fully saturated rings. The van der Waals surface area contributed by atoms with E-state index in [1.54, 1.807) is 0 Å². The Morgan fingerprint density at radius 2 is 1.56 bits per heavy atom. The number of hydrogen-bond acceptors (Lipinski definition) is 1. The van der Waals surface area contributed by atoms with Crippen LogP contribution in [0.2, 0.25) is 0 Å². The van der Waals surface area contributed by atoms with Crippen molar-refractivity contribution in [1.82, 2.24) is 0 Å². The summed E-state index contributed by atoms with van der Waals surface area (Å²) in [6, 6.07) is 18.5. The van der Waals surface area contributed by atoms with Crippen LogP contribution in [0.15, 0.2) is 54.6 Å². The van der Waals surface area contributed by atoms with Crippen LogP contribution in [0.4, 0.5) is 0 Å². The maximum atomic E-state index is 5.13. The van der Waals surface area contributed by atoms with Crippen LogP contribution in [-0.2, 0) is 6.42 Å². The second-order valence-electron chi connectivity index (χ2n) is 3.62. The Kier molecular flexibility index (Phi) is 3.75. The van der Waals surface area contributed by atoms with Crippen molar-refractivity contribution >= 4 is 29.0 Å². The predicted molar refractivity (Wildman–Crippen MR) is 76.4 cm³/mol. The second kappa shape index (κ2) is 5.28. The Bertz CT molecular complexity index is 489. The summed E-state index contributed by atoms with van der Waals surface area (Å²) in [5.74, 6) is 0. The van der Waals surface area contributed by atoms with E-state index in [0.29, 0.717) is 4.20 Å². The molecule has 0 nitrogen and oxygen atoms in total. The molecule has 0 spiro atoms. The van der Waals surface area contributed by atoms with Crippen molar-refractivity contribution in [3.05, 3.63) is 71.3 Å². The van der Waals surface area contributed by atoms with Gasteiger partial charge in [-0.3, -0.25) is 0 Å². The molecule has 0 amide bonds. The van der Waals surface area contributed by atoms with E-state index < -0.39 is 0 Å². The summed E-state index contributed by atoms with van der Waals surface area (Å²) in [7, 11) is 0. The number of thiol groups is 1. The molecular formula is C14H12S2. The minimum absolute atomic E-state index is 0.659. The lowest BCUT2D eigenvalue weighted by atomic mass is 10.0. The van der Waals surface area contributed by atoms with Gasteiger partial charge in [0, 0.05) is 5.56 Å². The molecule has 0 N–H and O–H groups in total. The van der Waals surface area contributed by atoms with E-state index in [1.807, 2.05) is 24.3 Å². The lowest BCUT2D eigenvalue weighted by Gasteiger charge is -2.07. The van der Waals surface area contributed by atoms with Crippen molar-refractivity contribution in [3.8, 4) is 0 Å². The van der Waals surface area contributed by atoms with Crippen LogP contribution in [-0.4, -0.2) is 4.20 Å². The first-order valence-electron chi connectivity index (χ1n) is 5.12. The zero-order valence-corrected chi connectivity index (χ0v) is 10.5. The van der Waals surface area contributed by atoms with E-state index in [1.165, 1.54) is 11.1 Å². The molecule has 2 heteroatoms. The summed E-state index contributed by atoms with van der Waals surface area (Å²) >= 11 is 9.39. The highest BCUT2D eigenvalue weighted by Gasteiger charge is 2.04. The summed E-state index contributed by atoms with van der Waals surface area (Å²) in [6.45, 7) is 0. The third-order valence-corrected chi connectivity index (χ3v) is 2.95. The summed E-state index contributed by atoms with van der Waals surface area (Å²) in [4.78, 5) is 0. The summed E-state index contributed by atoms with van der Waals surface area (Å²) in [6.07, 6.45) is 0.901. The molecular weight excluding hydrogens is 232 g/mol. The van der Waals surface area contributed by atoms with Crippen LogP contribution in [0, 0.1) is 0 Å². The average molecular weight is 244 g/mol. The number of hydrogen-bond donors (Lipinski definition) is 1. The number of rotatable bonds is 3. The Labute approximate surface area is 107 Å². The molecule has 2 aromatic rings. The van der Waals surface area contributed by atoms with Gasteiger partial charge < -0.3 is 0 Å². The van der Waals surface area contributed by atoms with Crippen LogP contribution in [0.25, 0.3) is 0 Å². The van der Waals surface area contributed by atoms with Crippen LogP contribution < -0.4 is 0 Å². The predicted octanol–water partition coefficient (Wildman–Crippen LogP) is 3.88. The molecule has 0 unspecified atom stereocenters. The molecule has 0 aliphatic heterocycles. The normalized spacial score (nSPS) is 10.1. The first kappa shape index (κ1) is 11.4. The highest BCUT2D eigenvalue weighted by atomic mass is 32.1. The summed E-state index contributed by atoms with van der Waals surface area (Å²) < 4.78 is 0.659. The van der Waals surface area contributed by atoms with Crippen LogP contribution in [0.3, 0.4) is 0 Å². The summed E-state index contributed by atoms with van der Waals surface area (Å²) in [5.41, 5.74) is 3.58.